The van der Waals surface area contributed by atoms with Gasteiger partial charge in [0.25, 0.3) is 0 Å². The van der Waals surface area contributed by atoms with E-state index in [9.17, 15) is 22.4 Å². The van der Waals surface area contributed by atoms with E-state index in [0.29, 0.717) is 0 Å². The molecule has 122 valence electrons. The highest BCUT2D eigenvalue weighted by molar-refractivity contribution is 8.00. The summed E-state index contributed by atoms with van der Waals surface area (Å²) in [4.78, 5) is 12.6. The van der Waals surface area contributed by atoms with Gasteiger partial charge in [-0.1, -0.05) is 30.3 Å². The van der Waals surface area contributed by atoms with Gasteiger partial charge >= 0.3 is 6.18 Å². The van der Waals surface area contributed by atoms with Crippen molar-refractivity contribution < 1.29 is 22.4 Å². The highest BCUT2D eigenvalue weighted by Gasteiger charge is 2.41. The number of nitrogens with one attached hydrogen (secondary N) is 1. The standard InChI is InChI=1S/C16H13F4NOS/c17-12-8-6-11(7-9-12)15(16(18,19)20)21-14(22)10-23-13-4-2-1-3-5-13/h1-9,15H,10H2,(H,21,22). The Balaban J connectivity index is 2.03. The Bertz CT molecular complexity index is 643. The average molecular weight is 343 g/mol. The van der Waals surface area contributed by atoms with Crippen molar-refractivity contribution in [3.63, 3.8) is 0 Å². The van der Waals surface area contributed by atoms with Crippen LogP contribution < -0.4 is 5.32 Å². The third kappa shape index (κ3) is 5.28. The molecule has 2 rings (SSSR count). The lowest BCUT2D eigenvalue weighted by atomic mass is 10.1. The van der Waals surface area contributed by atoms with Crippen LogP contribution in [0.2, 0.25) is 0 Å². The van der Waals surface area contributed by atoms with E-state index in [0.717, 1.165) is 40.9 Å². The molecule has 1 amide bonds. The first kappa shape index (κ1) is 17.3. The van der Waals surface area contributed by atoms with Crippen LogP contribution in [0.15, 0.2) is 59.5 Å². The predicted octanol–water partition coefficient (Wildman–Crippen LogP) is 4.34. The first-order valence-corrected chi connectivity index (χ1v) is 7.64. The lowest BCUT2D eigenvalue weighted by molar-refractivity contribution is -0.162. The molecule has 0 aliphatic heterocycles. The van der Waals surface area contributed by atoms with Gasteiger partial charge in [-0.3, -0.25) is 4.79 Å². The minimum Gasteiger partial charge on any atom is -0.340 e. The molecule has 7 heteroatoms. The van der Waals surface area contributed by atoms with Crippen LogP contribution in [0.1, 0.15) is 11.6 Å². The quantitative estimate of drug-likeness (QED) is 0.646. The Morgan fingerprint density at radius 3 is 2.22 bits per heavy atom. The van der Waals surface area contributed by atoms with E-state index in [-0.39, 0.29) is 11.3 Å². The zero-order chi connectivity index (χ0) is 16.9. The van der Waals surface area contributed by atoms with E-state index in [1.807, 2.05) is 5.32 Å². The van der Waals surface area contributed by atoms with Gasteiger partial charge in [-0.25, -0.2) is 4.39 Å². The maximum absolute atomic E-state index is 13.1. The van der Waals surface area contributed by atoms with Crippen molar-refractivity contribution in [2.75, 3.05) is 5.75 Å². The van der Waals surface area contributed by atoms with Crippen LogP contribution in [0.5, 0.6) is 0 Å². The summed E-state index contributed by atoms with van der Waals surface area (Å²) in [7, 11) is 0. The highest BCUT2D eigenvalue weighted by atomic mass is 32.2. The summed E-state index contributed by atoms with van der Waals surface area (Å²) >= 11 is 1.14. The van der Waals surface area contributed by atoms with Crippen molar-refractivity contribution in [3.8, 4) is 0 Å². The van der Waals surface area contributed by atoms with Crippen molar-refractivity contribution in [3.05, 3.63) is 66.0 Å². The number of hydrogen-bond acceptors (Lipinski definition) is 2. The fraction of sp³-hybridized carbons (Fsp3) is 0.188. The lowest BCUT2D eigenvalue weighted by Gasteiger charge is -2.22. The molecule has 2 aromatic carbocycles. The van der Waals surface area contributed by atoms with Crippen molar-refractivity contribution in [1.82, 2.24) is 5.32 Å². The number of amides is 1. The normalized spacial score (nSPS) is 12.7. The summed E-state index contributed by atoms with van der Waals surface area (Å²) in [5.41, 5.74) is -0.211. The first-order chi connectivity index (χ1) is 10.9. The highest BCUT2D eigenvalue weighted by Crippen LogP contribution is 2.33. The number of benzene rings is 2. The number of alkyl halides is 3. The molecular weight excluding hydrogens is 330 g/mol. The van der Waals surface area contributed by atoms with Crippen LogP contribution in [-0.2, 0) is 4.79 Å². The molecule has 23 heavy (non-hydrogen) atoms. The number of thioether (sulfide) groups is 1. The number of halogens is 4. The fourth-order valence-electron chi connectivity index (χ4n) is 1.88. The molecular formula is C16H13F4NOS. The van der Waals surface area contributed by atoms with E-state index in [2.05, 4.69) is 0 Å². The van der Waals surface area contributed by atoms with E-state index in [1.54, 1.807) is 30.3 Å². The topological polar surface area (TPSA) is 29.1 Å². The molecule has 0 radical (unpaired) electrons. The largest absolute Gasteiger partial charge is 0.412 e. The molecule has 0 fully saturated rings. The molecule has 0 aliphatic carbocycles. The van der Waals surface area contributed by atoms with Crippen LogP contribution in [-0.4, -0.2) is 17.8 Å². The molecule has 0 saturated heterocycles. The van der Waals surface area contributed by atoms with Crippen LogP contribution in [0, 0.1) is 5.82 Å². The minimum atomic E-state index is -4.66. The van der Waals surface area contributed by atoms with Crippen LogP contribution in [0.4, 0.5) is 17.6 Å². The van der Waals surface area contributed by atoms with Gasteiger partial charge in [-0.15, -0.1) is 11.8 Å². The van der Waals surface area contributed by atoms with Gasteiger partial charge in [0.2, 0.25) is 5.91 Å². The molecule has 0 spiro atoms. The second-order valence-corrected chi connectivity index (χ2v) is 5.74. The van der Waals surface area contributed by atoms with E-state index in [1.165, 1.54) is 0 Å². The summed E-state index contributed by atoms with van der Waals surface area (Å²) in [6.07, 6.45) is -4.66. The molecule has 0 aliphatic rings. The zero-order valence-corrected chi connectivity index (χ0v) is 12.6. The second kappa shape index (κ2) is 7.50. The van der Waals surface area contributed by atoms with Crippen molar-refractivity contribution in [2.24, 2.45) is 0 Å². The molecule has 0 aromatic heterocycles. The summed E-state index contributed by atoms with van der Waals surface area (Å²) in [6, 6.07) is 10.6. The third-order valence-corrected chi connectivity index (χ3v) is 3.96. The Hall–Kier alpha value is -2.02. The summed E-state index contributed by atoms with van der Waals surface area (Å²) in [6.45, 7) is 0. The Labute approximate surface area is 134 Å². The van der Waals surface area contributed by atoms with Gasteiger partial charge in [-0.05, 0) is 29.8 Å². The SMILES string of the molecule is O=C(CSc1ccccc1)NC(c1ccc(F)cc1)C(F)(F)F. The van der Waals surface area contributed by atoms with E-state index in [4.69, 9.17) is 0 Å². The van der Waals surface area contributed by atoms with Crippen LogP contribution in [0.25, 0.3) is 0 Å². The van der Waals surface area contributed by atoms with Gasteiger partial charge in [0, 0.05) is 4.90 Å². The maximum atomic E-state index is 13.1. The summed E-state index contributed by atoms with van der Waals surface area (Å²) in [5.74, 6) is -1.52. The van der Waals surface area contributed by atoms with E-state index >= 15 is 0 Å². The number of carbonyl (C=O) groups excluding carboxylic acids is 1. The van der Waals surface area contributed by atoms with Gasteiger partial charge in [0.15, 0.2) is 6.04 Å². The Morgan fingerprint density at radius 1 is 1.04 bits per heavy atom. The Kier molecular flexibility index (Phi) is 5.65. The second-order valence-electron chi connectivity index (χ2n) is 4.70. The molecule has 2 nitrogen and oxygen atoms in total. The van der Waals surface area contributed by atoms with Crippen molar-refractivity contribution in [2.45, 2.75) is 17.1 Å². The third-order valence-electron chi connectivity index (χ3n) is 2.95. The molecule has 0 bridgehead atoms. The molecule has 1 N–H and O–H groups in total. The number of rotatable bonds is 5. The van der Waals surface area contributed by atoms with Gasteiger partial charge < -0.3 is 5.32 Å². The van der Waals surface area contributed by atoms with Crippen molar-refractivity contribution in [1.29, 1.82) is 0 Å². The molecule has 0 heterocycles. The monoisotopic (exact) mass is 343 g/mol. The minimum absolute atomic E-state index is 0.141. The molecule has 1 unspecified atom stereocenters. The van der Waals surface area contributed by atoms with Crippen LogP contribution >= 0.6 is 11.8 Å². The Morgan fingerprint density at radius 2 is 1.65 bits per heavy atom. The average Bonchev–Trinajstić information content (AvgIpc) is 2.52. The van der Waals surface area contributed by atoms with Gasteiger partial charge in [0.05, 0.1) is 5.75 Å². The summed E-state index contributed by atoms with van der Waals surface area (Å²) < 4.78 is 52.2. The molecule has 2 aromatic rings. The smallest absolute Gasteiger partial charge is 0.340 e. The van der Waals surface area contributed by atoms with Gasteiger partial charge in [0.1, 0.15) is 5.82 Å². The van der Waals surface area contributed by atoms with E-state index < -0.39 is 23.9 Å². The lowest BCUT2D eigenvalue weighted by Crippen LogP contribution is -2.39. The molecule has 1 atom stereocenters. The van der Waals surface area contributed by atoms with Gasteiger partial charge in [-0.2, -0.15) is 13.2 Å². The maximum Gasteiger partial charge on any atom is 0.412 e. The summed E-state index contributed by atoms with van der Waals surface area (Å²) in [5, 5.41) is 1.96. The number of carbonyl (C=O) groups is 1. The zero-order valence-electron chi connectivity index (χ0n) is 11.8. The predicted molar refractivity (Wildman–Crippen MR) is 80.5 cm³/mol. The first-order valence-electron chi connectivity index (χ1n) is 6.65. The van der Waals surface area contributed by atoms with Crippen LogP contribution in [0.3, 0.4) is 0 Å². The fourth-order valence-corrected chi connectivity index (χ4v) is 2.61. The number of hydrogen-bond donors (Lipinski definition) is 1. The molecule has 0 saturated carbocycles. The van der Waals surface area contributed by atoms with Crippen molar-refractivity contribution >= 4 is 17.7 Å².